The molecule has 1 aliphatic heterocycles. The SMILES string of the molecule is CCCNCC(C)S(=O)(=O)NC1CCOCC1. The van der Waals surface area contributed by atoms with Crippen LogP contribution < -0.4 is 10.0 Å². The number of hydrogen-bond donors (Lipinski definition) is 2. The fraction of sp³-hybridized carbons (Fsp3) is 1.00. The van der Waals surface area contributed by atoms with E-state index >= 15 is 0 Å². The lowest BCUT2D eigenvalue weighted by Crippen LogP contribution is -2.45. The molecule has 1 saturated heterocycles. The van der Waals surface area contributed by atoms with Crippen molar-refractivity contribution in [2.45, 2.75) is 44.4 Å². The number of ether oxygens (including phenoxy) is 1. The Morgan fingerprint density at radius 2 is 2.00 bits per heavy atom. The summed E-state index contributed by atoms with van der Waals surface area (Å²) >= 11 is 0. The molecule has 1 rings (SSSR count). The summed E-state index contributed by atoms with van der Waals surface area (Å²) in [5, 5.41) is 2.74. The lowest BCUT2D eigenvalue weighted by atomic mass is 10.1. The van der Waals surface area contributed by atoms with Crippen LogP contribution in [0.15, 0.2) is 0 Å². The third-order valence-corrected chi connectivity index (χ3v) is 4.83. The number of nitrogens with one attached hydrogen (secondary N) is 2. The molecule has 5 nitrogen and oxygen atoms in total. The molecule has 1 heterocycles. The van der Waals surface area contributed by atoms with Crippen LogP contribution in [0.4, 0.5) is 0 Å². The van der Waals surface area contributed by atoms with Gasteiger partial charge in [0.05, 0.1) is 5.25 Å². The number of rotatable bonds is 7. The fourth-order valence-corrected chi connectivity index (χ4v) is 3.03. The molecule has 0 aromatic rings. The molecule has 1 unspecified atom stereocenters. The molecule has 0 aromatic carbocycles. The van der Waals surface area contributed by atoms with Gasteiger partial charge < -0.3 is 10.1 Å². The lowest BCUT2D eigenvalue weighted by molar-refractivity contribution is 0.0831. The summed E-state index contributed by atoms with van der Waals surface area (Å²) in [6.45, 7) is 6.46. The van der Waals surface area contributed by atoms with Gasteiger partial charge in [-0.25, -0.2) is 13.1 Å². The summed E-state index contributed by atoms with van der Waals surface area (Å²) in [6.07, 6.45) is 2.56. The molecule has 0 amide bonds. The van der Waals surface area contributed by atoms with Crippen molar-refractivity contribution in [1.82, 2.24) is 10.0 Å². The first-order chi connectivity index (χ1) is 8.06. The molecule has 102 valence electrons. The Balaban J connectivity index is 2.37. The second-order valence-corrected chi connectivity index (χ2v) is 6.69. The molecule has 0 aliphatic carbocycles. The van der Waals surface area contributed by atoms with Crippen LogP contribution in [0.5, 0.6) is 0 Å². The summed E-state index contributed by atoms with van der Waals surface area (Å²) in [5.74, 6) is 0. The van der Waals surface area contributed by atoms with Crippen LogP contribution in [0, 0.1) is 0 Å². The molecule has 0 saturated carbocycles. The predicted molar refractivity (Wildman–Crippen MR) is 68.5 cm³/mol. The van der Waals surface area contributed by atoms with Gasteiger partial charge >= 0.3 is 0 Å². The molecular formula is C11H24N2O3S. The van der Waals surface area contributed by atoms with Gasteiger partial charge in [-0.3, -0.25) is 0 Å². The van der Waals surface area contributed by atoms with Crippen molar-refractivity contribution in [2.75, 3.05) is 26.3 Å². The predicted octanol–water partition coefficient (Wildman–Crippen LogP) is 0.473. The van der Waals surface area contributed by atoms with E-state index in [4.69, 9.17) is 4.74 Å². The zero-order valence-electron chi connectivity index (χ0n) is 10.7. The minimum atomic E-state index is -3.21. The molecule has 0 bridgehead atoms. The van der Waals surface area contributed by atoms with Gasteiger partial charge in [0, 0.05) is 25.8 Å². The Morgan fingerprint density at radius 3 is 2.59 bits per heavy atom. The van der Waals surface area contributed by atoms with Crippen molar-refractivity contribution in [1.29, 1.82) is 0 Å². The highest BCUT2D eigenvalue weighted by Gasteiger charge is 2.25. The summed E-state index contributed by atoms with van der Waals surface area (Å²) in [4.78, 5) is 0. The van der Waals surface area contributed by atoms with Crippen LogP contribution in [0.1, 0.15) is 33.1 Å². The van der Waals surface area contributed by atoms with Gasteiger partial charge in [0.15, 0.2) is 0 Å². The molecule has 6 heteroatoms. The minimum absolute atomic E-state index is 0.0439. The van der Waals surface area contributed by atoms with Gasteiger partial charge in [-0.1, -0.05) is 6.92 Å². The van der Waals surface area contributed by atoms with Gasteiger partial charge in [-0.2, -0.15) is 0 Å². The van der Waals surface area contributed by atoms with E-state index in [0.717, 1.165) is 25.8 Å². The van der Waals surface area contributed by atoms with Gasteiger partial charge in [-0.05, 0) is 32.7 Å². The average Bonchev–Trinajstić information content (AvgIpc) is 2.30. The molecule has 1 fully saturated rings. The Morgan fingerprint density at radius 1 is 1.35 bits per heavy atom. The molecule has 1 aliphatic rings. The van der Waals surface area contributed by atoms with Crippen molar-refractivity contribution >= 4 is 10.0 Å². The first-order valence-corrected chi connectivity index (χ1v) is 7.90. The molecule has 0 radical (unpaired) electrons. The zero-order valence-corrected chi connectivity index (χ0v) is 11.6. The Kier molecular flexibility index (Phi) is 6.40. The smallest absolute Gasteiger partial charge is 0.215 e. The van der Waals surface area contributed by atoms with E-state index < -0.39 is 15.3 Å². The highest BCUT2D eigenvalue weighted by Crippen LogP contribution is 2.09. The van der Waals surface area contributed by atoms with E-state index in [-0.39, 0.29) is 6.04 Å². The first-order valence-electron chi connectivity index (χ1n) is 6.36. The summed E-state index contributed by atoms with van der Waals surface area (Å²) in [6, 6.07) is 0.0439. The van der Waals surface area contributed by atoms with Crippen molar-refractivity contribution in [3.8, 4) is 0 Å². The van der Waals surface area contributed by atoms with Crippen LogP contribution in [-0.4, -0.2) is 46.0 Å². The highest BCUT2D eigenvalue weighted by atomic mass is 32.2. The van der Waals surface area contributed by atoms with Crippen LogP contribution in [-0.2, 0) is 14.8 Å². The van der Waals surface area contributed by atoms with Gasteiger partial charge in [0.25, 0.3) is 0 Å². The van der Waals surface area contributed by atoms with Gasteiger partial charge in [-0.15, -0.1) is 0 Å². The largest absolute Gasteiger partial charge is 0.381 e. The molecule has 1 atom stereocenters. The van der Waals surface area contributed by atoms with E-state index in [9.17, 15) is 8.42 Å². The standard InChI is InChI=1S/C11H24N2O3S/c1-3-6-12-9-10(2)17(14,15)13-11-4-7-16-8-5-11/h10-13H,3-9H2,1-2H3. The molecule has 17 heavy (non-hydrogen) atoms. The topological polar surface area (TPSA) is 67.4 Å². The zero-order chi connectivity index (χ0) is 12.7. The van der Waals surface area contributed by atoms with E-state index in [1.165, 1.54) is 0 Å². The van der Waals surface area contributed by atoms with Gasteiger partial charge in [0.2, 0.25) is 10.0 Å². The Hall–Kier alpha value is -0.170. The maximum absolute atomic E-state index is 12.0. The average molecular weight is 264 g/mol. The second kappa shape index (κ2) is 7.31. The molecule has 2 N–H and O–H groups in total. The van der Waals surface area contributed by atoms with E-state index in [0.29, 0.717) is 19.8 Å². The summed E-state index contributed by atoms with van der Waals surface area (Å²) < 4.78 is 32.0. The monoisotopic (exact) mass is 264 g/mol. The maximum atomic E-state index is 12.0. The van der Waals surface area contributed by atoms with E-state index in [2.05, 4.69) is 17.0 Å². The molecular weight excluding hydrogens is 240 g/mol. The van der Waals surface area contributed by atoms with Crippen molar-refractivity contribution in [3.63, 3.8) is 0 Å². The van der Waals surface area contributed by atoms with E-state index in [1.807, 2.05) is 0 Å². The van der Waals surface area contributed by atoms with Crippen molar-refractivity contribution in [2.24, 2.45) is 0 Å². The van der Waals surface area contributed by atoms with Crippen LogP contribution >= 0.6 is 0 Å². The van der Waals surface area contributed by atoms with Gasteiger partial charge in [0.1, 0.15) is 0 Å². The lowest BCUT2D eigenvalue weighted by Gasteiger charge is -2.25. The molecule has 0 spiro atoms. The fourth-order valence-electron chi connectivity index (χ4n) is 1.76. The maximum Gasteiger partial charge on any atom is 0.215 e. The van der Waals surface area contributed by atoms with E-state index in [1.54, 1.807) is 6.92 Å². The van der Waals surface area contributed by atoms with Crippen LogP contribution in [0.2, 0.25) is 0 Å². The first kappa shape index (κ1) is 14.9. The minimum Gasteiger partial charge on any atom is -0.381 e. The summed E-state index contributed by atoms with van der Waals surface area (Å²) in [7, 11) is -3.21. The highest BCUT2D eigenvalue weighted by molar-refractivity contribution is 7.90. The summed E-state index contributed by atoms with van der Waals surface area (Å²) in [5.41, 5.74) is 0. The third-order valence-electron chi connectivity index (χ3n) is 2.94. The Bertz CT molecular complexity index is 300. The molecule has 0 aromatic heterocycles. The number of hydrogen-bond acceptors (Lipinski definition) is 4. The quantitative estimate of drug-likeness (QED) is 0.656. The number of sulfonamides is 1. The second-order valence-electron chi connectivity index (χ2n) is 4.56. The van der Waals surface area contributed by atoms with Crippen LogP contribution in [0.25, 0.3) is 0 Å². The van der Waals surface area contributed by atoms with Crippen molar-refractivity contribution in [3.05, 3.63) is 0 Å². The Labute approximate surface area is 104 Å². The normalized spacial score (nSPS) is 20.4. The van der Waals surface area contributed by atoms with Crippen molar-refractivity contribution < 1.29 is 13.2 Å². The van der Waals surface area contributed by atoms with Crippen LogP contribution in [0.3, 0.4) is 0 Å². The third kappa shape index (κ3) is 5.33.